The van der Waals surface area contributed by atoms with Gasteiger partial charge in [-0.25, -0.2) is 4.98 Å². The van der Waals surface area contributed by atoms with Crippen LogP contribution in [0.25, 0.3) is 22.4 Å². The van der Waals surface area contributed by atoms with Crippen molar-refractivity contribution in [1.82, 2.24) is 10.3 Å². The summed E-state index contributed by atoms with van der Waals surface area (Å²) in [5.41, 5.74) is 2.06. The molecule has 2 heterocycles. The number of hydrogen-bond donors (Lipinski definition) is 1. The van der Waals surface area contributed by atoms with Gasteiger partial charge in [-0.15, -0.1) is 0 Å². The molecule has 0 atom stereocenters. The average molecular weight is 294 g/mol. The Morgan fingerprint density at radius 3 is 2.64 bits per heavy atom. The molecule has 1 amide bonds. The minimum atomic E-state index is -0.0990. The van der Waals surface area contributed by atoms with Gasteiger partial charge in [-0.1, -0.05) is 18.2 Å². The second-order valence-corrected chi connectivity index (χ2v) is 5.61. The summed E-state index contributed by atoms with van der Waals surface area (Å²) < 4.78 is 5.64. The average Bonchev–Trinajstić information content (AvgIpc) is 2.92. The molecule has 1 aromatic carbocycles. The number of aromatic nitrogens is 1. The van der Waals surface area contributed by atoms with Gasteiger partial charge < -0.3 is 9.73 Å². The van der Waals surface area contributed by atoms with Crippen LogP contribution in [0.2, 0.25) is 0 Å². The van der Waals surface area contributed by atoms with Crippen LogP contribution in [0, 0.1) is 6.92 Å². The van der Waals surface area contributed by atoms with E-state index in [-0.39, 0.29) is 11.9 Å². The molecule has 0 saturated carbocycles. The van der Waals surface area contributed by atoms with E-state index in [1.807, 2.05) is 57.2 Å². The van der Waals surface area contributed by atoms with Crippen molar-refractivity contribution in [2.24, 2.45) is 0 Å². The number of nitrogens with zero attached hydrogens (tertiary/aromatic N) is 1. The fourth-order valence-electron chi connectivity index (χ4n) is 2.40. The van der Waals surface area contributed by atoms with Gasteiger partial charge in [-0.2, -0.15) is 0 Å². The summed E-state index contributed by atoms with van der Waals surface area (Å²) in [7, 11) is 0. The van der Waals surface area contributed by atoms with E-state index in [0.29, 0.717) is 17.0 Å². The van der Waals surface area contributed by atoms with E-state index >= 15 is 0 Å². The highest BCUT2D eigenvalue weighted by atomic mass is 16.3. The smallest absolute Gasteiger partial charge is 0.252 e. The van der Waals surface area contributed by atoms with Crippen molar-refractivity contribution in [3.8, 4) is 11.5 Å². The Labute approximate surface area is 129 Å². The van der Waals surface area contributed by atoms with Crippen LogP contribution in [0.3, 0.4) is 0 Å². The van der Waals surface area contributed by atoms with Crippen LogP contribution in [0.4, 0.5) is 0 Å². The Balaban J connectivity index is 2.18. The lowest BCUT2D eigenvalue weighted by atomic mass is 10.1. The highest BCUT2D eigenvalue weighted by molar-refractivity contribution is 6.07. The lowest BCUT2D eigenvalue weighted by molar-refractivity contribution is 0.0945. The Hall–Kier alpha value is -2.62. The number of nitrogens with one attached hydrogen (secondary N) is 1. The zero-order valence-electron chi connectivity index (χ0n) is 12.9. The van der Waals surface area contributed by atoms with E-state index in [1.165, 1.54) is 0 Å². The van der Waals surface area contributed by atoms with Crippen molar-refractivity contribution < 1.29 is 9.21 Å². The number of para-hydroxylation sites is 1. The fourth-order valence-corrected chi connectivity index (χ4v) is 2.40. The molecule has 0 saturated heterocycles. The normalized spacial score (nSPS) is 11.1. The molecule has 3 aromatic rings. The molecule has 1 N–H and O–H groups in total. The number of aryl methyl sites for hydroxylation is 1. The third-order valence-corrected chi connectivity index (χ3v) is 3.37. The van der Waals surface area contributed by atoms with E-state index in [1.54, 1.807) is 6.07 Å². The molecular weight excluding hydrogens is 276 g/mol. The van der Waals surface area contributed by atoms with Crippen molar-refractivity contribution in [2.45, 2.75) is 26.8 Å². The first kappa shape index (κ1) is 14.3. The van der Waals surface area contributed by atoms with Gasteiger partial charge in [0.1, 0.15) is 11.5 Å². The lowest BCUT2D eigenvalue weighted by Gasteiger charge is -2.11. The molecule has 0 radical (unpaired) electrons. The second-order valence-electron chi connectivity index (χ2n) is 5.61. The van der Waals surface area contributed by atoms with E-state index in [0.717, 1.165) is 16.7 Å². The van der Waals surface area contributed by atoms with Crippen LogP contribution < -0.4 is 5.32 Å². The van der Waals surface area contributed by atoms with Crippen LogP contribution in [-0.4, -0.2) is 16.9 Å². The number of carbonyl (C=O) groups excluding carboxylic acids is 1. The summed E-state index contributed by atoms with van der Waals surface area (Å²) in [6, 6.07) is 13.3. The van der Waals surface area contributed by atoms with Crippen molar-refractivity contribution in [1.29, 1.82) is 0 Å². The molecule has 0 aliphatic rings. The first-order valence-corrected chi connectivity index (χ1v) is 7.32. The zero-order valence-corrected chi connectivity index (χ0v) is 12.9. The van der Waals surface area contributed by atoms with Crippen molar-refractivity contribution in [2.75, 3.05) is 0 Å². The monoisotopic (exact) mass is 294 g/mol. The van der Waals surface area contributed by atoms with Gasteiger partial charge in [-0.3, -0.25) is 4.79 Å². The van der Waals surface area contributed by atoms with Crippen LogP contribution in [-0.2, 0) is 0 Å². The molecule has 112 valence electrons. The largest absolute Gasteiger partial charge is 0.460 e. The third-order valence-electron chi connectivity index (χ3n) is 3.37. The van der Waals surface area contributed by atoms with Crippen LogP contribution in [0.1, 0.15) is 30.0 Å². The maximum absolute atomic E-state index is 12.5. The summed E-state index contributed by atoms with van der Waals surface area (Å²) in [6.45, 7) is 5.77. The molecular formula is C18H18N2O2. The Kier molecular flexibility index (Phi) is 3.67. The zero-order chi connectivity index (χ0) is 15.7. The molecule has 4 nitrogen and oxygen atoms in total. The number of fused-ring (bicyclic) bond motifs is 1. The first-order valence-electron chi connectivity index (χ1n) is 7.32. The third kappa shape index (κ3) is 2.72. The van der Waals surface area contributed by atoms with E-state index in [4.69, 9.17) is 4.42 Å². The van der Waals surface area contributed by atoms with E-state index in [9.17, 15) is 4.79 Å². The van der Waals surface area contributed by atoms with Gasteiger partial charge in [0.05, 0.1) is 11.1 Å². The Morgan fingerprint density at radius 2 is 1.95 bits per heavy atom. The van der Waals surface area contributed by atoms with Gasteiger partial charge >= 0.3 is 0 Å². The minimum absolute atomic E-state index is 0.0775. The summed E-state index contributed by atoms with van der Waals surface area (Å²) in [6.07, 6.45) is 0. The number of benzene rings is 1. The highest BCUT2D eigenvalue weighted by Crippen LogP contribution is 2.26. The fraction of sp³-hybridized carbons (Fsp3) is 0.222. The molecule has 0 unspecified atom stereocenters. The van der Waals surface area contributed by atoms with Crippen molar-refractivity contribution >= 4 is 16.8 Å². The van der Waals surface area contributed by atoms with Crippen molar-refractivity contribution in [3.63, 3.8) is 0 Å². The molecule has 3 rings (SSSR count). The molecule has 0 bridgehead atoms. The molecule has 22 heavy (non-hydrogen) atoms. The molecule has 4 heteroatoms. The molecule has 2 aromatic heterocycles. The predicted octanol–water partition coefficient (Wildman–Crippen LogP) is 3.94. The van der Waals surface area contributed by atoms with Gasteiger partial charge in [-0.05, 0) is 45.0 Å². The summed E-state index contributed by atoms with van der Waals surface area (Å²) >= 11 is 0. The topological polar surface area (TPSA) is 55.1 Å². The number of pyridine rings is 1. The van der Waals surface area contributed by atoms with Gasteiger partial charge in [0.2, 0.25) is 0 Å². The van der Waals surface area contributed by atoms with Crippen LogP contribution in [0.5, 0.6) is 0 Å². The standard InChI is InChI=1S/C18H18N2O2/c1-11(2)19-18(21)14-10-16(17-9-8-12(3)22-17)20-15-7-5-4-6-13(14)15/h4-11H,1-3H3,(H,19,21). The highest BCUT2D eigenvalue weighted by Gasteiger charge is 2.15. The predicted molar refractivity (Wildman–Crippen MR) is 86.8 cm³/mol. The minimum Gasteiger partial charge on any atom is -0.460 e. The van der Waals surface area contributed by atoms with Gasteiger partial charge in [0.25, 0.3) is 5.91 Å². The Morgan fingerprint density at radius 1 is 1.18 bits per heavy atom. The maximum Gasteiger partial charge on any atom is 0.252 e. The number of hydrogen-bond acceptors (Lipinski definition) is 3. The van der Waals surface area contributed by atoms with E-state index < -0.39 is 0 Å². The molecule has 0 aliphatic carbocycles. The van der Waals surface area contributed by atoms with E-state index in [2.05, 4.69) is 10.3 Å². The molecule has 0 fully saturated rings. The molecule has 0 spiro atoms. The first-order chi connectivity index (χ1) is 10.5. The number of carbonyl (C=O) groups is 1. The summed E-state index contributed by atoms with van der Waals surface area (Å²) in [5.74, 6) is 1.39. The van der Waals surface area contributed by atoms with Crippen LogP contribution >= 0.6 is 0 Å². The maximum atomic E-state index is 12.5. The SMILES string of the molecule is Cc1ccc(-c2cc(C(=O)NC(C)C)c3ccccc3n2)o1. The molecule has 0 aliphatic heterocycles. The number of furan rings is 1. The second kappa shape index (κ2) is 5.64. The quantitative estimate of drug-likeness (QED) is 0.796. The lowest BCUT2D eigenvalue weighted by Crippen LogP contribution is -2.30. The van der Waals surface area contributed by atoms with Crippen molar-refractivity contribution in [3.05, 3.63) is 53.8 Å². The number of rotatable bonds is 3. The summed E-state index contributed by atoms with van der Waals surface area (Å²) in [5, 5.41) is 3.78. The summed E-state index contributed by atoms with van der Waals surface area (Å²) in [4.78, 5) is 17.1. The Bertz CT molecular complexity index is 834. The van der Waals surface area contributed by atoms with Gasteiger partial charge in [0.15, 0.2) is 5.76 Å². The van der Waals surface area contributed by atoms with Crippen LogP contribution in [0.15, 0.2) is 46.9 Å². The number of amides is 1. The van der Waals surface area contributed by atoms with Gasteiger partial charge in [0, 0.05) is 11.4 Å².